The summed E-state index contributed by atoms with van der Waals surface area (Å²) in [5, 5.41) is 0.670. The Bertz CT molecular complexity index is 1120. The molecule has 4 nitrogen and oxygen atoms in total. The number of carbonyl (C=O) groups excluding carboxylic acids is 1. The van der Waals surface area contributed by atoms with Gasteiger partial charge in [-0.1, -0.05) is 66.7 Å². The topological polar surface area (TPSA) is 41.9 Å². The van der Waals surface area contributed by atoms with Gasteiger partial charge >= 0.3 is 0 Å². The van der Waals surface area contributed by atoms with E-state index in [-0.39, 0.29) is 5.91 Å². The van der Waals surface area contributed by atoms with Crippen LogP contribution < -0.4 is 4.74 Å². The van der Waals surface area contributed by atoms with Crippen LogP contribution in [-0.4, -0.2) is 23.0 Å². The summed E-state index contributed by atoms with van der Waals surface area (Å²) in [7, 11) is 1.76. The van der Waals surface area contributed by atoms with E-state index in [2.05, 4.69) is 0 Å². The Kier molecular flexibility index (Phi) is 6.00. The standard InChI is InChI=1S/C25H22N2O2S/c1-18-10-6-8-14-21(18)26-25-27(2)24(28)23(30-25)16-20-13-7-9-15-22(20)29-17-19-11-4-3-5-12-19/h3-16H,17H2,1-2H3/b23-16+,26-25?. The fourth-order valence-corrected chi connectivity index (χ4v) is 4.02. The van der Waals surface area contributed by atoms with Crippen LogP contribution in [0.5, 0.6) is 5.75 Å². The van der Waals surface area contributed by atoms with Crippen LogP contribution in [0.3, 0.4) is 0 Å². The number of rotatable bonds is 5. The van der Waals surface area contributed by atoms with Crippen molar-refractivity contribution in [2.75, 3.05) is 7.05 Å². The molecule has 0 bridgehead atoms. The van der Waals surface area contributed by atoms with Crippen LogP contribution in [0.15, 0.2) is 88.8 Å². The Labute approximate surface area is 180 Å². The molecule has 4 rings (SSSR count). The number of amides is 1. The molecule has 1 heterocycles. The number of carbonyl (C=O) groups is 1. The molecule has 0 aliphatic carbocycles. The molecular formula is C25H22N2O2S. The number of benzene rings is 3. The largest absolute Gasteiger partial charge is 0.488 e. The number of aliphatic imine (C=N–C) groups is 1. The lowest BCUT2D eigenvalue weighted by Gasteiger charge is -2.09. The van der Waals surface area contributed by atoms with Crippen LogP contribution >= 0.6 is 11.8 Å². The van der Waals surface area contributed by atoms with Crippen molar-refractivity contribution < 1.29 is 9.53 Å². The predicted molar refractivity (Wildman–Crippen MR) is 124 cm³/mol. The lowest BCUT2D eigenvalue weighted by molar-refractivity contribution is -0.121. The lowest BCUT2D eigenvalue weighted by Crippen LogP contribution is -2.23. The molecular weight excluding hydrogens is 392 g/mol. The fourth-order valence-electron chi connectivity index (χ4n) is 3.05. The highest BCUT2D eigenvalue weighted by Crippen LogP contribution is 2.35. The minimum atomic E-state index is -0.0646. The number of ether oxygens (including phenoxy) is 1. The van der Waals surface area contributed by atoms with Gasteiger partial charge in [0.15, 0.2) is 5.17 Å². The minimum absolute atomic E-state index is 0.0646. The predicted octanol–water partition coefficient (Wildman–Crippen LogP) is 5.81. The monoisotopic (exact) mass is 414 g/mol. The summed E-state index contributed by atoms with van der Waals surface area (Å²) in [6.45, 7) is 2.49. The Morgan fingerprint density at radius 2 is 1.67 bits per heavy atom. The summed E-state index contributed by atoms with van der Waals surface area (Å²) in [4.78, 5) is 19.7. The number of aryl methyl sites for hydroxylation is 1. The molecule has 5 heteroatoms. The van der Waals surface area contributed by atoms with E-state index in [0.717, 1.165) is 28.1 Å². The Hall–Kier alpha value is -3.31. The molecule has 0 atom stereocenters. The number of para-hydroxylation sites is 2. The van der Waals surface area contributed by atoms with E-state index in [9.17, 15) is 4.79 Å². The summed E-state index contributed by atoms with van der Waals surface area (Å²) in [5.41, 5.74) is 3.91. The smallest absolute Gasteiger partial charge is 0.266 e. The van der Waals surface area contributed by atoms with Crippen LogP contribution in [-0.2, 0) is 11.4 Å². The maximum atomic E-state index is 12.8. The van der Waals surface area contributed by atoms with E-state index in [4.69, 9.17) is 9.73 Å². The van der Waals surface area contributed by atoms with Crippen LogP contribution in [0, 0.1) is 6.92 Å². The third kappa shape index (κ3) is 4.47. The van der Waals surface area contributed by atoms with E-state index in [1.807, 2.05) is 91.9 Å². The van der Waals surface area contributed by atoms with Crippen LogP contribution in [0.1, 0.15) is 16.7 Å². The van der Waals surface area contributed by atoms with E-state index in [1.54, 1.807) is 11.9 Å². The zero-order valence-corrected chi connectivity index (χ0v) is 17.7. The van der Waals surface area contributed by atoms with Gasteiger partial charge in [0.05, 0.1) is 10.6 Å². The number of hydrogen-bond acceptors (Lipinski definition) is 4. The molecule has 3 aromatic carbocycles. The summed E-state index contributed by atoms with van der Waals surface area (Å²) in [6, 6.07) is 25.7. The first kappa shape index (κ1) is 20.0. The molecule has 1 aliphatic rings. The Balaban J connectivity index is 1.58. The van der Waals surface area contributed by atoms with Crippen LogP contribution in [0.25, 0.3) is 6.08 Å². The third-order valence-electron chi connectivity index (χ3n) is 4.78. The van der Waals surface area contributed by atoms with E-state index >= 15 is 0 Å². The van der Waals surface area contributed by atoms with Gasteiger partial charge in [-0.3, -0.25) is 9.69 Å². The van der Waals surface area contributed by atoms with Gasteiger partial charge in [-0.25, -0.2) is 4.99 Å². The summed E-state index contributed by atoms with van der Waals surface area (Å²) in [5.74, 6) is 0.680. The molecule has 0 radical (unpaired) electrons. The average Bonchev–Trinajstić information content (AvgIpc) is 3.03. The number of hydrogen-bond donors (Lipinski definition) is 0. The van der Waals surface area contributed by atoms with Crippen molar-refractivity contribution in [2.45, 2.75) is 13.5 Å². The first-order valence-corrected chi connectivity index (χ1v) is 10.5. The second-order valence-corrected chi connectivity index (χ2v) is 7.98. The Morgan fingerprint density at radius 1 is 0.967 bits per heavy atom. The molecule has 30 heavy (non-hydrogen) atoms. The molecule has 3 aromatic rings. The van der Waals surface area contributed by atoms with Gasteiger partial charge < -0.3 is 4.74 Å². The second-order valence-electron chi connectivity index (χ2n) is 6.97. The van der Waals surface area contributed by atoms with E-state index in [0.29, 0.717) is 16.7 Å². The highest BCUT2D eigenvalue weighted by molar-refractivity contribution is 8.18. The van der Waals surface area contributed by atoms with E-state index < -0.39 is 0 Å². The average molecular weight is 415 g/mol. The third-order valence-corrected chi connectivity index (χ3v) is 5.84. The molecule has 0 spiro atoms. The van der Waals surface area contributed by atoms with Crippen molar-refractivity contribution in [2.24, 2.45) is 4.99 Å². The van der Waals surface area contributed by atoms with Gasteiger partial charge in [0, 0.05) is 12.6 Å². The minimum Gasteiger partial charge on any atom is -0.488 e. The summed E-state index contributed by atoms with van der Waals surface area (Å²) < 4.78 is 6.02. The van der Waals surface area contributed by atoms with Crippen LogP contribution in [0.4, 0.5) is 5.69 Å². The zero-order valence-electron chi connectivity index (χ0n) is 16.9. The van der Waals surface area contributed by atoms with Gasteiger partial charge in [-0.2, -0.15) is 0 Å². The second kappa shape index (κ2) is 9.01. The number of likely N-dealkylation sites (N-methyl/N-ethyl adjacent to an activating group) is 1. The maximum Gasteiger partial charge on any atom is 0.266 e. The first-order valence-electron chi connectivity index (χ1n) is 9.69. The Morgan fingerprint density at radius 3 is 2.47 bits per heavy atom. The normalized spacial score (nSPS) is 16.5. The van der Waals surface area contributed by atoms with Gasteiger partial charge in [0.1, 0.15) is 12.4 Å². The van der Waals surface area contributed by atoms with Crippen molar-refractivity contribution in [3.63, 3.8) is 0 Å². The van der Waals surface area contributed by atoms with Gasteiger partial charge in [0.2, 0.25) is 0 Å². The summed E-state index contributed by atoms with van der Waals surface area (Å²) >= 11 is 1.38. The first-order chi connectivity index (χ1) is 14.6. The van der Waals surface area contributed by atoms with Crippen molar-refractivity contribution in [1.29, 1.82) is 0 Å². The van der Waals surface area contributed by atoms with Gasteiger partial charge in [-0.05, 0) is 48.0 Å². The van der Waals surface area contributed by atoms with Gasteiger partial charge in [0.25, 0.3) is 5.91 Å². The molecule has 0 N–H and O–H groups in total. The molecule has 150 valence electrons. The zero-order chi connectivity index (χ0) is 20.9. The fraction of sp³-hybridized carbons (Fsp3) is 0.120. The molecule has 0 unspecified atom stereocenters. The van der Waals surface area contributed by atoms with Crippen LogP contribution in [0.2, 0.25) is 0 Å². The quantitative estimate of drug-likeness (QED) is 0.495. The van der Waals surface area contributed by atoms with Crippen molar-refractivity contribution in [3.8, 4) is 5.75 Å². The van der Waals surface area contributed by atoms with Gasteiger partial charge in [-0.15, -0.1) is 0 Å². The van der Waals surface area contributed by atoms with Crippen molar-refractivity contribution in [1.82, 2.24) is 4.90 Å². The molecule has 1 saturated heterocycles. The summed E-state index contributed by atoms with van der Waals surface area (Å²) in [6.07, 6.45) is 1.88. The SMILES string of the molecule is Cc1ccccc1N=C1S/C(=C/c2ccccc2OCc2ccccc2)C(=O)N1C. The lowest BCUT2D eigenvalue weighted by atomic mass is 10.2. The van der Waals surface area contributed by atoms with E-state index in [1.165, 1.54) is 11.8 Å². The number of thioether (sulfide) groups is 1. The molecule has 1 aliphatic heterocycles. The van der Waals surface area contributed by atoms with Crippen molar-refractivity contribution in [3.05, 3.63) is 100 Å². The highest BCUT2D eigenvalue weighted by Gasteiger charge is 2.30. The van der Waals surface area contributed by atoms with Crippen molar-refractivity contribution >= 4 is 34.6 Å². The highest BCUT2D eigenvalue weighted by atomic mass is 32.2. The molecule has 0 aromatic heterocycles. The molecule has 1 fully saturated rings. The molecule has 0 saturated carbocycles. The number of amidine groups is 1. The maximum absolute atomic E-state index is 12.8. The molecule has 1 amide bonds. The number of nitrogens with zero attached hydrogens (tertiary/aromatic N) is 2.